The maximum Gasteiger partial charge on any atom is 0.238 e. The second-order valence-electron chi connectivity index (χ2n) is 6.54. The van der Waals surface area contributed by atoms with E-state index >= 15 is 0 Å². The Kier molecular flexibility index (Phi) is 7.51. The molecule has 0 aliphatic carbocycles. The molecule has 3 N–H and O–H groups in total. The molecular formula is C19H17Br3FN3O4. The summed E-state index contributed by atoms with van der Waals surface area (Å²) < 4.78 is 21.6. The van der Waals surface area contributed by atoms with Crippen molar-refractivity contribution in [3.8, 4) is 0 Å². The molecule has 1 fully saturated rings. The summed E-state index contributed by atoms with van der Waals surface area (Å²) in [5.41, 5.74) is 0.314. The normalized spacial score (nSPS) is 18.4. The van der Waals surface area contributed by atoms with Crippen LogP contribution in [0.4, 0.5) is 21.5 Å². The fraction of sp³-hybridized carbons (Fsp3) is 0.263. The van der Waals surface area contributed by atoms with Crippen molar-refractivity contribution in [1.82, 2.24) is 5.32 Å². The van der Waals surface area contributed by atoms with Gasteiger partial charge in [-0.15, -0.1) is 0 Å². The lowest BCUT2D eigenvalue weighted by Crippen LogP contribution is -2.33. The number of amides is 1. The van der Waals surface area contributed by atoms with Crippen molar-refractivity contribution in [2.45, 2.75) is 19.4 Å². The molecule has 1 unspecified atom stereocenters. The summed E-state index contributed by atoms with van der Waals surface area (Å²) in [5.74, 6) is -0.817. The number of anilines is 3. The van der Waals surface area contributed by atoms with E-state index in [4.69, 9.17) is 4.74 Å². The fourth-order valence-electron chi connectivity index (χ4n) is 2.89. The number of aliphatic hydroxyl groups excluding tert-OH is 1. The van der Waals surface area contributed by atoms with Gasteiger partial charge in [0.1, 0.15) is 11.5 Å². The Morgan fingerprint density at radius 3 is 2.63 bits per heavy atom. The topological polar surface area (TPSA) is 90.9 Å². The Labute approximate surface area is 197 Å². The molecule has 1 heterocycles. The first-order valence-corrected chi connectivity index (χ1v) is 11.1. The standard InChI is InChI=1S/C19H17Br3FN3O4/c1-9(27)24-7-12-8-26(19(29)30-12)11-2-3-16(15(23)6-11)25-17-13(21)4-10(20)5-14(22)18(17)28/h2-6,12,19,29H,7-8H2,1H3,(H,24,27)(H,25,28)/t12-,19?/m0/s1. The summed E-state index contributed by atoms with van der Waals surface area (Å²) in [6.45, 7) is 1.90. The van der Waals surface area contributed by atoms with Crippen molar-refractivity contribution in [3.05, 3.63) is 59.8 Å². The monoisotopic (exact) mass is 607 g/mol. The molecule has 0 spiro atoms. The second-order valence-corrected chi connectivity index (χ2v) is 9.16. The van der Waals surface area contributed by atoms with Crippen LogP contribution in [0.15, 0.2) is 48.5 Å². The molecule has 2 aromatic carbocycles. The number of hydrogen-bond acceptors (Lipinski definition) is 6. The average molecular weight is 610 g/mol. The number of ether oxygens (including phenoxy) is 1. The minimum absolute atomic E-state index is 0.0928. The van der Waals surface area contributed by atoms with Crippen LogP contribution in [-0.4, -0.2) is 36.6 Å². The molecule has 160 valence electrons. The zero-order valence-electron chi connectivity index (χ0n) is 15.6. The highest BCUT2D eigenvalue weighted by molar-refractivity contribution is 9.11. The van der Waals surface area contributed by atoms with E-state index in [0.29, 0.717) is 19.1 Å². The lowest BCUT2D eigenvalue weighted by atomic mass is 10.2. The third-order valence-corrected chi connectivity index (χ3v) is 5.99. The number of halogens is 4. The van der Waals surface area contributed by atoms with Crippen LogP contribution in [0.25, 0.3) is 0 Å². The van der Waals surface area contributed by atoms with Crippen LogP contribution in [0.2, 0.25) is 0 Å². The van der Waals surface area contributed by atoms with E-state index in [0.717, 1.165) is 0 Å². The van der Waals surface area contributed by atoms with E-state index < -0.39 is 18.3 Å². The maximum atomic E-state index is 14.8. The van der Waals surface area contributed by atoms with Gasteiger partial charge in [0.15, 0.2) is 0 Å². The van der Waals surface area contributed by atoms with Gasteiger partial charge in [0.2, 0.25) is 17.7 Å². The van der Waals surface area contributed by atoms with Crippen molar-refractivity contribution in [2.24, 2.45) is 0 Å². The summed E-state index contributed by atoms with van der Waals surface area (Å²) in [5, 5.41) is 15.6. The Bertz CT molecular complexity index is 1040. The van der Waals surface area contributed by atoms with Gasteiger partial charge < -0.3 is 25.4 Å². The number of aliphatic hydroxyl groups is 1. The van der Waals surface area contributed by atoms with E-state index in [1.807, 2.05) is 0 Å². The van der Waals surface area contributed by atoms with Crippen LogP contribution < -0.4 is 21.0 Å². The molecule has 0 bridgehead atoms. The zero-order valence-corrected chi connectivity index (χ0v) is 20.3. The van der Waals surface area contributed by atoms with Crippen molar-refractivity contribution < 1.29 is 19.0 Å². The molecule has 2 atom stereocenters. The Morgan fingerprint density at radius 2 is 1.97 bits per heavy atom. The quantitative estimate of drug-likeness (QED) is 0.478. The van der Waals surface area contributed by atoms with Gasteiger partial charge in [-0.05, 0) is 62.2 Å². The van der Waals surface area contributed by atoms with Crippen molar-refractivity contribution in [3.63, 3.8) is 0 Å². The third kappa shape index (κ3) is 5.38. The average Bonchev–Trinajstić information content (AvgIpc) is 3.01. The number of nitrogens with zero attached hydrogens (tertiary/aromatic N) is 1. The Balaban J connectivity index is 1.82. The van der Waals surface area contributed by atoms with E-state index in [1.54, 1.807) is 18.2 Å². The van der Waals surface area contributed by atoms with Crippen LogP contribution in [0.3, 0.4) is 0 Å². The van der Waals surface area contributed by atoms with Gasteiger partial charge in [-0.25, -0.2) is 4.39 Å². The number of benzene rings is 1. The molecular weight excluding hydrogens is 593 g/mol. The highest BCUT2D eigenvalue weighted by Gasteiger charge is 2.32. The third-order valence-electron chi connectivity index (χ3n) is 4.32. The smallest absolute Gasteiger partial charge is 0.238 e. The summed E-state index contributed by atoms with van der Waals surface area (Å²) >= 11 is 9.86. The predicted molar refractivity (Wildman–Crippen MR) is 122 cm³/mol. The molecule has 11 heteroatoms. The predicted octanol–water partition coefficient (Wildman–Crippen LogP) is 3.83. The lowest BCUT2D eigenvalue weighted by Gasteiger charge is -2.21. The first-order chi connectivity index (χ1) is 14.2. The van der Waals surface area contributed by atoms with Crippen LogP contribution >= 0.6 is 47.8 Å². The SMILES string of the molecule is CC(=O)NC[C@H]1CN(c2ccc(Nc3c(Br)cc(Br)cc(Br)c3=O)c(F)c2)C(O)O1. The van der Waals surface area contributed by atoms with Crippen molar-refractivity contribution in [1.29, 1.82) is 0 Å². The van der Waals surface area contributed by atoms with Gasteiger partial charge >= 0.3 is 0 Å². The molecule has 2 aromatic rings. The highest BCUT2D eigenvalue weighted by Crippen LogP contribution is 2.31. The first kappa shape index (κ1) is 23.1. The fourth-order valence-corrected chi connectivity index (χ4v) is 4.93. The summed E-state index contributed by atoms with van der Waals surface area (Å²) in [6, 6.07) is 7.59. The summed E-state index contributed by atoms with van der Waals surface area (Å²) in [7, 11) is 0. The molecule has 7 nitrogen and oxygen atoms in total. The molecule has 1 saturated heterocycles. The molecule has 1 aliphatic heterocycles. The molecule has 0 saturated carbocycles. The minimum Gasteiger partial charge on any atom is -0.354 e. The number of hydrogen-bond donors (Lipinski definition) is 3. The van der Waals surface area contributed by atoms with E-state index in [1.165, 1.54) is 24.0 Å². The van der Waals surface area contributed by atoms with Crippen molar-refractivity contribution >= 4 is 70.8 Å². The van der Waals surface area contributed by atoms with Gasteiger partial charge in [-0.3, -0.25) is 9.59 Å². The van der Waals surface area contributed by atoms with Gasteiger partial charge in [0.25, 0.3) is 0 Å². The summed E-state index contributed by atoms with van der Waals surface area (Å²) in [6.07, 6.45) is -1.69. The Hall–Kier alpha value is -1.53. The van der Waals surface area contributed by atoms with E-state index in [2.05, 4.69) is 58.4 Å². The maximum absolute atomic E-state index is 14.8. The van der Waals surface area contributed by atoms with Crippen LogP contribution in [-0.2, 0) is 9.53 Å². The Morgan fingerprint density at radius 1 is 1.27 bits per heavy atom. The molecule has 0 aromatic heterocycles. The number of carbonyl (C=O) groups is 1. The zero-order chi connectivity index (χ0) is 22.0. The molecule has 30 heavy (non-hydrogen) atoms. The molecule has 1 aliphatic rings. The number of carbonyl (C=O) groups excluding carboxylic acids is 1. The van der Waals surface area contributed by atoms with E-state index in [9.17, 15) is 19.1 Å². The molecule has 0 radical (unpaired) electrons. The van der Waals surface area contributed by atoms with Gasteiger partial charge in [0.05, 0.1) is 22.8 Å². The van der Waals surface area contributed by atoms with Crippen LogP contribution in [0, 0.1) is 5.82 Å². The van der Waals surface area contributed by atoms with Crippen molar-refractivity contribution in [2.75, 3.05) is 23.3 Å². The highest BCUT2D eigenvalue weighted by atomic mass is 79.9. The second kappa shape index (κ2) is 9.73. The van der Waals surface area contributed by atoms with Gasteiger partial charge in [-0.1, -0.05) is 15.9 Å². The van der Waals surface area contributed by atoms with Crippen LogP contribution in [0.1, 0.15) is 6.92 Å². The summed E-state index contributed by atoms with van der Waals surface area (Å²) in [4.78, 5) is 25.1. The largest absolute Gasteiger partial charge is 0.354 e. The van der Waals surface area contributed by atoms with Gasteiger partial charge in [-0.2, -0.15) is 0 Å². The number of rotatable bonds is 5. The first-order valence-electron chi connectivity index (χ1n) is 8.75. The van der Waals surface area contributed by atoms with E-state index in [-0.39, 0.29) is 35.8 Å². The minimum atomic E-state index is -1.26. The lowest BCUT2D eigenvalue weighted by molar-refractivity contribution is -0.121. The molecule has 3 rings (SSSR count). The molecule has 1 amide bonds. The van der Waals surface area contributed by atoms with Gasteiger partial charge in [0, 0.05) is 28.1 Å². The number of nitrogens with one attached hydrogen (secondary N) is 2. The van der Waals surface area contributed by atoms with Crippen LogP contribution in [0.5, 0.6) is 0 Å².